The topological polar surface area (TPSA) is 68.3 Å². The van der Waals surface area contributed by atoms with Crippen LogP contribution in [0.4, 0.5) is 5.00 Å². The lowest BCUT2D eigenvalue weighted by atomic mass is 9.95. The number of nitrogens with zero attached hydrogens (tertiary/aromatic N) is 1. The first-order valence-corrected chi connectivity index (χ1v) is 12.8. The highest BCUT2D eigenvalue weighted by Gasteiger charge is 2.28. The number of hydrogen-bond acceptors (Lipinski definition) is 6. The van der Waals surface area contributed by atoms with Crippen molar-refractivity contribution < 1.29 is 14.3 Å². The minimum Gasteiger partial charge on any atom is -0.462 e. The molecule has 0 spiro atoms. The van der Waals surface area contributed by atoms with Gasteiger partial charge < -0.3 is 10.1 Å². The summed E-state index contributed by atoms with van der Waals surface area (Å²) >= 11 is 3.15. The molecule has 0 atom stereocenters. The third-order valence-corrected chi connectivity index (χ3v) is 8.06. The first-order valence-electron chi connectivity index (χ1n) is 11.1. The average Bonchev–Trinajstić information content (AvgIpc) is 3.41. The quantitative estimate of drug-likeness (QED) is 0.328. The number of carbonyl (C=O) groups excluding carboxylic acids is 2. The number of pyridine rings is 1. The van der Waals surface area contributed by atoms with Crippen LogP contribution >= 0.6 is 22.7 Å². The Balaban J connectivity index is 1.58. The molecule has 4 aromatic rings. The Morgan fingerprint density at radius 2 is 1.91 bits per heavy atom. The van der Waals surface area contributed by atoms with Crippen molar-refractivity contribution in [1.82, 2.24) is 4.98 Å². The van der Waals surface area contributed by atoms with E-state index in [2.05, 4.69) is 18.3 Å². The van der Waals surface area contributed by atoms with Crippen LogP contribution in [0.15, 0.2) is 42.5 Å². The van der Waals surface area contributed by atoms with Crippen molar-refractivity contribution in [3.05, 3.63) is 68.9 Å². The third-order valence-electron chi connectivity index (χ3n) is 5.83. The zero-order chi connectivity index (χ0) is 22.9. The van der Waals surface area contributed by atoms with Crippen LogP contribution in [0, 0.1) is 6.92 Å². The molecule has 5 nitrogen and oxygen atoms in total. The number of aromatic nitrogens is 1. The van der Waals surface area contributed by atoms with E-state index in [0.29, 0.717) is 22.7 Å². The van der Waals surface area contributed by atoms with Crippen LogP contribution in [0.5, 0.6) is 0 Å². The molecule has 0 unspecified atom stereocenters. The molecule has 1 N–H and O–H groups in total. The fraction of sp³-hybridized carbons (Fsp3) is 0.269. The Hall–Kier alpha value is -3.03. The second-order valence-corrected chi connectivity index (χ2v) is 10.5. The number of thiophene rings is 2. The number of hydrogen-bond donors (Lipinski definition) is 1. The van der Waals surface area contributed by atoms with E-state index in [4.69, 9.17) is 9.72 Å². The van der Waals surface area contributed by atoms with Gasteiger partial charge in [0.25, 0.3) is 5.91 Å². The number of anilines is 1. The SMILES string of the molecule is CCOC(=O)c1c(NC(=O)c2cc(-c3ccc(C)s3)nc3ccccc23)sc2c1CCCC2. The summed E-state index contributed by atoms with van der Waals surface area (Å²) in [6, 6.07) is 13.6. The van der Waals surface area contributed by atoms with Crippen LogP contribution < -0.4 is 5.32 Å². The van der Waals surface area contributed by atoms with E-state index in [1.807, 2.05) is 36.4 Å². The zero-order valence-electron chi connectivity index (χ0n) is 18.6. The van der Waals surface area contributed by atoms with Gasteiger partial charge in [-0.15, -0.1) is 22.7 Å². The monoisotopic (exact) mass is 476 g/mol. The average molecular weight is 477 g/mol. The Labute approximate surface area is 200 Å². The fourth-order valence-electron chi connectivity index (χ4n) is 4.31. The maximum atomic E-state index is 13.6. The van der Waals surface area contributed by atoms with Crippen molar-refractivity contribution in [2.24, 2.45) is 0 Å². The molecule has 1 aliphatic carbocycles. The Bertz CT molecular complexity index is 1370. The van der Waals surface area contributed by atoms with Gasteiger partial charge >= 0.3 is 5.97 Å². The molecule has 7 heteroatoms. The van der Waals surface area contributed by atoms with Crippen LogP contribution in [-0.4, -0.2) is 23.5 Å². The highest BCUT2D eigenvalue weighted by molar-refractivity contribution is 7.17. The van der Waals surface area contributed by atoms with E-state index in [1.54, 1.807) is 18.3 Å². The predicted octanol–water partition coefficient (Wildman–Crippen LogP) is 6.64. The molecule has 0 bridgehead atoms. The van der Waals surface area contributed by atoms with Gasteiger partial charge in [-0.1, -0.05) is 18.2 Å². The molecule has 1 amide bonds. The summed E-state index contributed by atoms with van der Waals surface area (Å²) in [5, 5.41) is 4.42. The minimum atomic E-state index is -0.360. The standard InChI is InChI=1S/C26H24N2O3S2/c1-3-31-26(30)23-17-9-5-7-11-21(17)33-25(23)28-24(29)18-14-20(22-13-12-15(2)32-22)27-19-10-6-4-8-16(18)19/h4,6,8,10,12-14H,3,5,7,9,11H2,1-2H3,(H,28,29). The zero-order valence-corrected chi connectivity index (χ0v) is 20.2. The highest BCUT2D eigenvalue weighted by atomic mass is 32.1. The molecule has 3 heterocycles. The molecule has 1 aromatic carbocycles. The predicted molar refractivity (Wildman–Crippen MR) is 135 cm³/mol. The number of fused-ring (bicyclic) bond motifs is 2. The number of benzene rings is 1. The molecule has 0 radical (unpaired) electrons. The number of ether oxygens (including phenoxy) is 1. The molecule has 3 aromatic heterocycles. The summed E-state index contributed by atoms with van der Waals surface area (Å²) in [7, 11) is 0. The lowest BCUT2D eigenvalue weighted by Crippen LogP contribution is -2.16. The second-order valence-electron chi connectivity index (χ2n) is 8.07. The van der Waals surface area contributed by atoms with Crippen molar-refractivity contribution in [1.29, 1.82) is 0 Å². The van der Waals surface area contributed by atoms with Crippen molar-refractivity contribution >= 4 is 50.5 Å². The van der Waals surface area contributed by atoms with Gasteiger partial charge in [-0.2, -0.15) is 0 Å². The van der Waals surface area contributed by atoms with E-state index in [0.717, 1.165) is 52.7 Å². The summed E-state index contributed by atoms with van der Waals surface area (Å²) in [6.45, 7) is 4.15. The van der Waals surface area contributed by atoms with Crippen molar-refractivity contribution in [2.75, 3.05) is 11.9 Å². The maximum absolute atomic E-state index is 13.6. The highest BCUT2D eigenvalue weighted by Crippen LogP contribution is 2.39. The molecule has 1 aliphatic rings. The number of amides is 1. The van der Waals surface area contributed by atoms with Crippen LogP contribution in [0.25, 0.3) is 21.5 Å². The molecule has 168 valence electrons. The van der Waals surface area contributed by atoms with Gasteiger partial charge in [0.1, 0.15) is 5.00 Å². The van der Waals surface area contributed by atoms with Crippen molar-refractivity contribution in [3.8, 4) is 10.6 Å². The van der Waals surface area contributed by atoms with Gasteiger partial charge in [0.15, 0.2) is 0 Å². The first kappa shape index (κ1) is 21.8. The normalized spacial score (nSPS) is 13.0. The number of esters is 1. The van der Waals surface area contributed by atoms with Gasteiger partial charge in [-0.3, -0.25) is 4.79 Å². The molecular formula is C26H24N2O3S2. The Morgan fingerprint density at radius 3 is 2.70 bits per heavy atom. The van der Waals surface area contributed by atoms with Gasteiger partial charge in [-0.05, 0) is 69.4 Å². The molecule has 0 saturated carbocycles. The molecule has 0 aliphatic heterocycles. The summed E-state index contributed by atoms with van der Waals surface area (Å²) in [5.41, 5.74) is 3.64. The van der Waals surface area contributed by atoms with Gasteiger partial charge in [0.2, 0.25) is 0 Å². The van der Waals surface area contributed by atoms with E-state index in [1.165, 1.54) is 21.1 Å². The van der Waals surface area contributed by atoms with Crippen LogP contribution in [0.1, 0.15) is 55.8 Å². The third kappa shape index (κ3) is 4.18. The lowest BCUT2D eigenvalue weighted by Gasteiger charge is -2.13. The summed E-state index contributed by atoms with van der Waals surface area (Å²) in [6.07, 6.45) is 3.92. The fourth-order valence-corrected chi connectivity index (χ4v) is 6.41. The smallest absolute Gasteiger partial charge is 0.341 e. The van der Waals surface area contributed by atoms with Crippen molar-refractivity contribution in [2.45, 2.75) is 39.5 Å². The number of rotatable bonds is 5. The Kier molecular flexibility index (Phi) is 6.00. The second kappa shape index (κ2) is 9.08. The maximum Gasteiger partial charge on any atom is 0.341 e. The Morgan fingerprint density at radius 1 is 1.09 bits per heavy atom. The van der Waals surface area contributed by atoms with Crippen LogP contribution in [0.3, 0.4) is 0 Å². The summed E-state index contributed by atoms with van der Waals surface area (Å²) in [5.74, 6) is -0.603. The number of para-hydroxylation sites is 1. The van der Waals surface area contributed by atoms with Gasteiger partial charge in [0, 0.05) is 15.1 Å². The number of carbonyl (C=O) groups is 2. The van der Waals surface area contributed by atoms with Crippen molar-refractivity contribution in [3.63, 3.8) is 0 Å². The lowest BCUT2D eigenvalue weighted by molar-refractivity contribution is 0.0526. The summed E-state index contributed by atoms with van der Waals surface area (Å²) < 4.78 is 5.34. The number of aryl methyl sites for hydroxylation is 2. The molecule has 5 rings (SSSR count). The molecule has 0 saturated heterocycles. The molecular weight excluding hydrogens is 452 g/mol. The van der Waals surface area contributed by atoms with Gasteiger partial charge in [0.05, 0.1) is 33.8 Å². The van der Waals surface area contributed by atoms with Gasteiger partial charge in [-0.25, -0.2) is 9.78 Å². The van der Waals surface area contributed by atoms with E-state index in [9.17, 15) is 9.59 Å². The van der Waals surface area contributed by atoms with E-state index < -0.39 is 0 Å². The largest absolute Gasteiger partial charge is 0.462 e. The first-order chi connectivity index (χ1) is 16.0. The summed E-state index contributed by atoms with van der Waals surface area (Å²) in [4.78, 5) is 34.6. The number of nitrogens with one attached hydrogen (secondary N) is 1. The van der Waals surface area contributed by atoms with E-state index in [-0.39, 0.29) is 11.9 Å². The molecule has 33 heavy (non-hydrogen) atoms. The minimum absolute atomic E-state index is 0.243. The van der Waals surface area contributed by atoms with E-state index >= 15 is 0 Å². The van der Waals surface area contributed by atoms with Crippen LogP contribution in [0.2, 0.25) is 0 Å². The molecule has 0 fully saturated rings. The van der Waals surface area contributed by atoms with Crippen LogP contribution in [-0.2, 0) is 17.6 Å².